The molecule has 4 rings (SSSR count). The summed E-state index contributed by atoms with van der Waals surface area (Å²) in [5.74, 6) is 0.279. The zero-order chi connectivity index (χ0) is 26.9. The molecule has 0 aliphatic heterocycles. The van der Waals surface area contributed by atoms with Crippen molar-refractivity contribution in [2.45, 2.75) is 55.4 Å². The van der Waals surface area contributed by atoms with Crippen molar-refractivity contribution in [2.75, 3.05) is 20.4 Å². The summed E-state index contributed by atoms with van der Waals surface area (Å²) in [7, 11) is -0.827. The molecule has 0 aromatic heterocycles. The Morgan fingerprint density at radius 1 is 1.05 bits per heavy atom. The Labute approximate surface area is 224 Å². The maximum absolute atomic E-state index is 13.2. The van der Waals surface area contributed by atoms with Gasteiger partial charge in [-0.05, 0) is 71.6 Å². The number of allylic oxidation sites excluding steroid dienone is 2. The van der Waals surface area contributed by atoms with Crippen LogP contribution in [0.15, 0.2) is 82.2 Å². The molecule has 7 heteroatoms. The predicted molar refractivity (Wildman–Crippen MR) is 153 cm³/mol. The summed E-state index contributed by atoms with van der Waals surface area (Å²) >= 11 is 0. The van der Waals surface area contributed by atoms with Crippen molar-refractivity contribution in [3.63, 3.8) is 0 Å². The number of hydrogen-bond acceptors (Lipinski definition) is 4. The van der Waals surface area contributed by atoms with Crippen molar-refractivity contribution >= 4 is 20.8 Å². The van der Waals surface area contributed by atoms with Gasteiger partial charge in [0.1, 0.15) is 0 Å². The van der Waals surface area contributed by atoms with E-state index in [0.29, 0.717) is 12.1 Å². The predicted octanol–water partition coefficient (Wildman–Crippen LogP) is 5.80. The van der Waals surface area contributed by atoms with E-state index in [1.807, 2.05) is 61.5 Å². The molecule has 1 aliphatic carbocycles. The molecule has 0 fully saturated rings. The number of fused-ring (bicyclic) bond motifs is 1. The first-order chi connectivity index (χ1) is 17.5. The molecule has 0 saturated carbocycles. The molecule has 3 aromatic carbocycles. The molecule has 0 spiro atoms. The first kappa shape index (κ1) is 27.3. The van der Waals surface area contributed by atoms with Gasteiger partial charge in [-0.3, -0.25) is 8.93 Å². The minimum absolute atomic E-state index is 0.0284. The molecule has 0 bridgehead atoms. The fraction of sp³-hybridized carbons (Fsp3) is 0.333. The number of nitrogens with zero attached hydrogens (tertiary/aromatic N) is 1. The first-order valence-electron chi connectivity index (χ1n) is 12.5. The highest BCUT2D eigenvalue weighted by Gasteiger charge is 2.26. The van der Waals surface area contributed by atoms with E-state index in [9.17, 15) is 12.6 Å². The van der Waals surface area contributed by atoms with Crippen LogP contribution in [0.5, 0.6) is 0 Å². The van der Waals surface area contributed by atoms with Crippen LogP contribution in [0.25, 0.3) is 11.1 Å². The Kier molecular flexibility index (Phi) is 8.07. The van der Waals surface area contributed by atoms with Gasteiger partial charge >= 0.3 is 0 Å². The molecule has 5 nitrogen and oxygen atoms in total. The van der Waals surface area contributed by atoms with Gasteiger partial charge in [0.05, 0.1) is 15.7 Å². The number of rotatable bonds is 8. The van der Waals surface area contributed by atoms with Crippen LogP contribution in [-0.2, 0) is 33.8 Å². The largest absolute Gasteiger partial charge is 0.305 e. The van der Waals surface area contributed by atoms with Crippen LogP contribution >= 0.6 is 0 Å². The molecule has 0 radical (unpaired) electrons. The molecule has 196 valence electrons. The lowest BCUT2D eigenvalue weighted by molar-refractivity contribution is 0.402. The third kappa shape index (κ3) is 6.06. The van der Waals surface area contributed by atoms with Gasteiger partial charge in [0.15, 0.2) is 0 Å². The number of benzene rings is 3. The molecule has 1 aliphatic rings. The van der Waals surface area contributed by atoms with E-state index >= 15 is 0 Å². The third-order valence-electron chi connectivity index (χ3n) is 6.76. The Bertz CT molecular complexity index is 1460. The lowest BCUT2D eigenvalue weighted by atomic mass is 9.80. The van der Waals surface area contributed by atoms with E-state index in [-0.39, 0.29) is 16.7 Å². The Morgan fingerprint density at radius 2 is 1.73 bits per heavy atom. The highest BCUT2D eigenvalue weighted by molar-refractivity contribution is 7.89. The zero-order valence-electron chi connectivity index (χ0n) is 22.4. The number of sulfonamides is 1. The first-order valence-corrected chi connectivity index (χ1v) is 15.6. The van der Waals surface area contributed by atoms with Crippen LogP contribution < -0.4 is 4.72 Å². The summed E-state index contributed by atoms with van der Waals surface area (Å²) in [5.41, 5.74) is 7.34. The molecule has 0 saturated heterocycles. The van der Waals surface area contributed by atoms with E-state index < -0.39 is 20.8 Å². The minimum atomic E-state index is -3.70. The van der Waals surface area contributed by atoms with Crippen molar-refractivity contribution in [3.8, 4) is 11.1 Å². The molecular formula is C30H36N2O3S2. The Hall–Kier alpha value is -2.74. The second-order valence-electron chi connectivity index (χ2n) is 10.4. The average Bonchev–Trinajstić information content (AvgIpc) is 2.83. The van der Waals surface area contributed by atoms with Crippen molar-refractivity contribution in [2.24, 2.45) is 0 Å². The fourth-order valence-electron chi connectivity index (χ4n) is 5.04. The van der Waals surface area contributed by atoms with E-state index in [4.69, 9.17) is 0 Å². The Morgan fingerprint density at radius 3 is 2.35 bits per heavy atom. The Balaban J connectivity index is 1.67. The van der Waals surface area contributed by atoms with Gasteiger partial charge in [-0.15, -0.1) is 0 Å². The molecule has 2 atom stereocenters. The van der Waals surface area contributed by atoms with Crippen molar-refractivity contribution in [1.29, 1.82) is 0 Å². The molecule has 0 amide bonds. The lowest BCUT2D eigenvalue weighted by Crippen LogP contribution is -2.27. The van der Waals surface area contributed by atoms with Crippen molar-refractivity contribution in [3.05, 3.63) is 94.7 Å². The number of hydrogen-bond donors (Lipinski definition) is 1. The normalized spacial score (nSPS) is 16.4. The smallest absolute Gasteiger partial charge is 0.261 e. The van der Waals surface area contributed by atoms with E-state index in [1.165, 1.54) is 16.7 Å². The SMILES string of the molecule is CC(C)c1cc(-c2ccccc2S(C)=O)cc2c1CC(NS(=O)(=O)c1ccc(CN(C)C)cc1)=CC2C. The maximum atomic E-state index is 13.2. The second kappa shape index (κ2) is 10.9. The van der Waals surface area contributed by atoms with Gasteiger partial charge in [0, 0.05) is 35.7 Å². The summed E-state index contributed by atoms with van der Waals surface area (Å²) in [5, 5.41) is 0. The van der Waals surface area contributed by atoms with Crippen molar-refractivity contribution in [1.82, 2.24) is 9.62 Å². The molecular weight excluding hydrogens is 500 g/mol. The summed E-state index contributed by atoms with van der Waals surface area (Å²) in [6.45, 7) is 7.17. The van der Waals surface area contributed by atoms with Crippen LogP contribution in [0.1, 0.15) is 54.9 Å². The summed E-state index contributed by atoms with van der Waals surface area (Å²) in [4.78, 5) is 3.13. The van der Waals surface area contributed by atoms with Crippen LogP contribution in [0.3, 0.4) is 0 Å². The zero-order valence-corrected chi connectivity index (χ0v) is 24.0. The summed E-state index contributed by atoms with van der Waals surface area (Å²) in [6.07, 6.45) is 4.24. The lowest BCUT2D eigenvalue weighted by Gasteiger charge is -2.28. The monoisotopic (exact) mass is 536 g/mol. The fourth-order valence-corrected chi connectivity index (χ4v) is 6.90. The van der Waals surface area contributed by atoms with Gasteiger partial charge in [-0.1, -0.05) is 69.3 Å². The molecule has 37 heavy (non-hydrogen) atoms. The minimum Gasteiger partial charge on any atom is -0.305 e. The average molecular weight is 537 g/mol. The number of nitrogens with one attached hydrogen (secondary N) is 1. The van der Waals surface area contributed by atoms with E-state index in [2.05, 4.69) is 37.6 Å². The molecule has 2 unspecified atom stereocenters. The summed E-state index contributed by atoms with van der Waals surface area (Å²) in [6, 6.07) is 19.3. The molecule has 1 N–H and O–H groups in total. The topological polar surface area (TPSA) is 66.5 Å². The van der Waals surface area contributed by atoms with Gasteiger partial charge in [-0.2, -0.15) is 0 Å². The van der Waals surface area contributed by atoms with Crippen LogP contribution in [0.4, 0.5) is 0 Å². The van der Waals surface area contributed by atoms with Crippen LogP contribution in [0, 0.1) is 0 Å². The highest BCUT2D eigenvalue weighted by Crippen LogP contribution is 2.39. The van der Waals surface area contributed by atoms with Gasteiger partial charge in [0.2, 0.25) is 0 Å². The molecule has 3 aromatic rings. The third-order valence-corrected chi connectivity index (χ3v) is 9.15. The van der Waals surface area contributed by atoms with Crippen molar-refractivity contribution < 1.29 is 12.6 Å². The standard InChI is InChI=1S/C30H36N2O3S2/c1-20(2)27-16-23(26-9-7-8-10-30(26)36(6)33)17-28-21(3)15-24(18-29(27)28)31-37(34,35)25-13-11-22(12-14-25)19-32(4)5/h7-17,20-21,31H,18-19H2,1-6H3. The van der Waals surface area contributed by atoms with Gasteiger partial charge in [0.25, 0.3) is 10.0 Å². The van der Waals surface area contributed by atoms with Crippen LogP contribution in [-0.4, -0.2) is 37.9 Å². The van der Waals surface area contributed by atoms with Gasteiger partial charge < -0.3 is 4.90 Å². The highest BCUT2D eigenvalue weighted by atomic mass is 32.2. The van der Waals surface area contributed by atoms with Gasteiger partial charge in [-0.25, -0.2) is 8.42 Å². The van der Waals surface area contributed by atoms with E-state index in [0.717, 1.165) is 28.1 Å². The van der Waals surface area contributed by atoms with Crippen LogP contribution in [0.2, 0.25) is 0 Å². The second-order valence-corrected chi connectivity index (χ2v) is 13.4. The molecule has 0 heterocycles. The maximum Gasteiger partial charge on any atom is 0.261 e. The van der Waals surface area contributed by atoms with E-state index in [1.54, 1.807) is 18.4 Å². The quantitative estimate of drug-likeness (QED) is 0.395. The summed E-state index contributed by atoms with van der Waals surface area (Å²) < 4.78 is 41.7.